The van der Waals surface area contributed by atoms with E-state index in [0.717, 1.165) is 11.4 Å². The highest BCUT2D eigenvalue weighted by Crippen LogP contribution is 2.32. The van der Waals surface area contributed by atoms with Gasteiger partial charge in [0.2, 0.25) is 0 Å². The molecule has 3 heterocycles. The molecule has 1 aromatic heterocycles. The van der Waals surface area contributed by atoms with Crippen molar-refractivity contribution in [2.75, 3.05) is 19.7 Å². The first-order valence-electron chi connectivity index (χ1n) is 12.5. The number of carbonyl (C=O) groups is 3. The summed E-state index contributed by atoms with van der Waals surface area (Å²) in [5.41, 5.74) is 10.3. The van der Waals surface area contributed by atoms with Crippen molar-refractivity contribution in [1.29, 1.82) is 0 Å². The molecule has 0 atom stereocenters. The third kappa shape index (κ3) is 5.18. The maximum absolute atomic E-state index is 13.5. The molecule has 3 aromatic rings. The molecule has 2 N–H and O–H groups in total. The average Bonchev–Trinajstić information content (AvgIpc) is 3.36. The maximum atomic E-state index is 13.5. The van der Waals surface area contributed by atoms with Gasteiger partial charge in [0.25, 0.3) is 17.7 Å². The number of fused-ring (bicyclic) bond motifs is 1. The number of pyridine rings is 1. The van der Waals surface area contributed by atoms with Gasteiger partial charge in [-0.25, -0.2) is 0 Å². The van der Waals surface area contributed by atoms with E-state index in [2.05, 4.69) is 12.1 Å². The van der Waals surface area contributed by atoms with E-state index in [-0.39, 0.29) is 29.9 Å². The van der Waals surface area contributed by atoms with Crippen LogP contribution in [-0.2, 0) is 17.9 Å². The van der Waals surface area contributed by atoms with E-state index < -0.39 is 5.91 Å². The Balaban J connectivity index is 1.23. The first kappa shape index (κ1) is 24.5. The molecule has 37 heavy (non-hydrogen) atoms. The number of primary amides is 1. The third-order valence-corrected chi connectivity index (χ3v) is 7.16. The van der Waals surface area contributed by atoms with Crippen molar-refractivity contribution in [1.82, 2.24) is 14.8 Å². The van der Waals surface area contributed by atoms with Crippen LogP contribution in [0.1, 0.15) is 62.0 Å². The first-order valence-corrected chi connectivity index (χ1v) is 12.5. The Bertz CT molecular complexity index is 1320. The Morgan fingerprint density at radius 1 is 0.892 bits per heavy atom. The number of hydrogen-bond acceptors (Lipinski definition) is 5. The number of hydrogen-bond donors (Lipinski definition) is 1. The zero-order valence-electron chi connectivity index (χ0n) is 20.9. The van der Waals surface area contributed by atoms with Gasteiger partial charge in [-0.2, -0.15) is 0 Å². The Labute approximate surface area is 216 Å². The molecule has 0 radical (unpaired) electrons. The molecule has 1 saturated heterocycles. The second kappa shape index (κ2) is 10.4. The lowest BCUT2D eigenvalue weighted by atomic mass is 9.89. The maximum Gasteiger partial charge on any atom is 0.260 e. The number of likely N-dealkylation sites (tertiary alicyclic amines) is 1. The number of rotatable bonds is 6. The predicted molar refractivity (Wildman–Crippen MR) is 138 cm³/mol. The summed E-state index contributed by atoms with van der Waals surface area (Å²) >= 11 is 0. The van der Waals surface area contributed by atoms with Crippen LogP contribution in [0.15, 0.2) is 60.7 Å². The number of piperidine rings is 1. The van der Waals surface area contributed by atoms with Crippen LogP contribution >= 0.6 is 0 Å². The number of benzene rings is 2. The lowest BCUT2D eigenvalue weighted by molar-refractivity contribution is -0.134. The Morgan fingerprint density at radius 3 is 2.22 bits per heavy atom. The second-order valence-corrected chi connectivity index (χ2v) is 9.62. The minimum absolute atomic E-state index is 0.00118. The second-order valence-electron chi connectivity index (χ2n) is 9.62. The number of amides is 3. The molecule has 0 aliphatic carbocycles. The Hall–Kier alpha value is -4.20. The molecule has 0 unspecified atom stereocenters. The van der Waals surface area contributed by atoms with Gasteiger partial charge in [-0.15, -0.1) is 0 Å². The predicted octanol–water partition coefficient (Wildman–Crippen LogP) is 3.43. The number of aryl methyl sites for hydroxylation is 1. The molecule has 8 heteroatoms. The standard InChI is InChI=1S/C29H30N4O4/c1-19-10-11-24(29(36)33-16-21-6-2-3-7-22(21)17-33)27(31-19)20-12-14-32(15-13-20)26(34)18-37-25-9-5-4-8-23(25)28(30)35/h2-11,20H,12-18H2,1H3,(H2,30,35). The van der Waals surface area contributed by atoms with E-state index in [0.29, 0.717) is 50.3 Å². The van der Waals surface area contributed by atoms with Crippen molar-refractivity contribution in [2.45, 2.75) is 38.8 Å². The van der Waals surface area contributed by atoms with E-state index in [1.165, 1.54) is 11.1 Å². The first-order chi connectivity index (χ1) is 17.9. The summed E-state index contributed by atoms with van der Waals surface area (Å²) in [6, 6.07) is 18.5. The van der Waals surface area contributed by atoms with Crippen LogP contribution < -0.4 is 10.5 Å². The van der Waals surface area contributed by atoms with E-state index in [9.17, 15) is 14.4 Å². The molecule has 1 fully saturated rings. The fraction of sp³-hybridized carbons (Fsp3) is 0.310. The molecule has 3 amide bonds. The molecule has 0 bridgehead atoms. The number of para-hydroxylation sites is 1. The van der Waals surface area contributed by atoms with Crippen LogP contribution in [0.25, 0.3) is 0 Å². The van der Waals surface area contributed by atoms with E-state index in [1.807, 2.05) is 36.1 Å². The van der Waals surface area contributed by atoms with Crippen molar-refractivity contribution in [2.24, 2.45) is 5.73 Å². The summed E-state index contributed by atoms with van der Waals surface area (Å²) in [5.74, 6) is -0.365. The number of aromatic nitrogens is 1. The van der Waals surface area contributed by atoms with Gasteiger partial charge in [0, 0.05) is 37.8 Å². The van der Waals surface area contributed by atoms with Crippen LogP contribution in [0, 0.1) is 6.92 Å². The normalized spacial score (nSPS) is 15.4. The van der Waals surface area contributed by atoms with Gasteiger partial charge in [-0.05, 0) is 55.2 Å². The molecule has 0 saturated carbocycles. The molecule has 5 rings (SSSR count). The van der Waals surface area contributed by atoms with Gasteiger partial charge in [0.15, 0.2) is 6.61 Å². The van der Waals surface area contributed by atoms with Crippen molar-refractivity contribution in [3.8, 4) is 5.75 Å². The largest absolute Gasteiger partial charge is 0.483 e. The number of carbonyl (C=O) groups excluding carboxylic acids is 3. The van der Waals surface area contributed by atoms with Crippen molar-refractivity contribution in [3.63, 3.8) is 0 Å². The quantitative estimate of drug-likeness (QED) is 0.561. The lowest BCUT2D eigenvalue weighted by Gasteiger charge is -2.32. The highest BCUT2D eigenvalue weighted by molar-refractivity contribution is 5.96. The smallest absolute Gasteiger partial charge is 0.260 e. The van der Waals surface area contributed by atoms with Gasteiger partial charge >= 0.3 is 0 Å². The van der Waals surface area contributed by atoms with Crippen molar-refractivity contribution < 1.29 is 19.1 Å². The summed E-state index contributed by atoms with van der Waals surface area (Å²) < 4.78 is 5.62. The molecular weight excluding hydrogens is 468 g/mol. The van der Waals surface area contributed by atoms with E-state index in [1.54, 1.807) is 29.2 Å². The molecule has 8 nitrogen and oxygen atoms in total. The van der Waals surface area contributed by atoms with Gasteiger partial charge < -0.3 is 20.3 Å². The summed E-state index contributed by atoms with van der Waals surface area (Å²) in [6.45, 7) is 4.06. The van der Waals surface area contributed by atoms with Crippen LogP contribution in [0.5, 0.6) is 5.75 Å². The number of nitrogens with two attached hydrogens (primary N) is 1. The van der Waals surface area contributed by atoms with Gasteiger partial charge in [0.05, 0.1) is 16.8 Å². The third-order valence-electron chi connectivity index (χ3n) is 7.16. The topological polar surface area (TPSA) is 106 Å². The number of ether oxygens (including phenoxy) is 1. The zero-order valence-corrected chi connectivity index (χ0v) is 20.9. The molecule has 2 aromatic carbocycles. The monoisotopic (exact) mass is 498 g/mol. The molecule has 2 aliphatic heterocycles. The van der Waals surface area contributed by atoms with Crippen molar-refractivity contribution in [3.05, 3.63) is 94.3 Å². The van der Waals surface area contributed by atoms with Crippen LogP contribution in [0.2, 0.25) is 0 Å². The molecule has 190 valence electrons. The molecular formula is C29H30N4O4. The Morgan fingerprint density at radius 2 is 1.54 bits per heavy atom. The van der Waals surface area contributed by atoms with E-state index >= 15 is 0 Å². The SMILES string of the molecule is Cc1ccc(C(=O)N2Cc3ccccc3C2)c(C2CCN(C(=O)COc3ccccc3C(N)=O)CC2)n1. The fourth-order valence-electron chi connectivity index (χ4n) is 5.15. The fourth-order valence-corrected chi connectivity index (χ4v) is 5.15. The van der Waals surface area contributed by atoms with Crippen LogP contribution in [0.3, 0.4) is 0 Å². The van der Waals surface area contributed by atoms with Crippen LogP contribution in [-0.4, -0.2) is 52.2 Å². The molecule has 2 aliphatic rings. The minimum Gasteiger partial charge on any atom is -0.483 e. The lowest BCUT2D eigenvalue weighted by Crippen LogP contribution is -2.41. The van der Waals surface area contributed by atoms with Gasteiger partial charge in [0.1, 0.15) is 5.75 Å². The number of nitrogens with zero attached hydrogens (tertiary/aromatic N) is 3. The highest BCUT2D eigenvalue weighted by atomic mass is 16.5. The van der Waals surface area contributed by atoms with Crippen molar-refractivity contribution >= 4 is 17.7 Å². The average molecular weight is 499 g/mol. The summed E-state index contributed by atoms with van der Waals surface area (Å²) in [7, 11) is 0. The summed E-state index contributed by atoms with van der Waals surface area (Å²) in [5, 5.41) is 0. The van der Waals surface area contributed by atoms with Crippen LogP contribution in [0.4, 0.5) is 0 Å². The zero-order chi connectivity index (χ0) is 25.9. The van der Waals surface area contributed by atoms with Gasteiger partial charge in [-0.3, -0.25) is 19.4 Å². The summed E-state index contributed by atoms with van der Waals surface area (Å²) in [4.78, 5) is 46.4. The van der Waals surface area contributed by atoms with Gasteiger partial charge in [-0.1, -0.05) is 36.4 Å². The molecule has 0 spiro atoms. The Kier molecular flexibility index (Phi) is 6.90. The minimum atomic E-state index is -0.599. The summed E-state index contributed by atoms with van der Waals surface area (Å²) in [6.07, 6.45) is 1.42. The van der Waals surface area contributed by atoms with E-state index in [4.69, 9.17) is 15.5 Å². The highest BCUT2D eigenvalue weighted by Gasteiger charge is 2.31.